The number of hydrogen-bond donors (Lipinski definition) is 1. The van der Waals surface area contributed by atoms with Crippen molar-refractivity contribution < 1.29 is 14.3 Å². The number of carbonyl (C=O) groups is 1. The van der Waals surface area contributed by atoms with E-state index in [-0.39, 0.29) is 18.6 Å². The zero-order valence-corrected chi connectivity index (χ0v) is 12.6. The lowest BCUT2D eigenvalue weighted by Gasteiger charge is -2.27. The van der Waals surface area contributed by atoms with Gasteiger partial charge < -0.3 is 14.8 Å². The second-order valence-electron chi connectivity index (χ2n) is 5.96. The Bertz CT molecular complexity index is 782. The number of aryl methyl sites for hydroxylation is 2. The molecule has 4 nitrogen and oxygen atoms in total. The highest BCUT2D eigenvalue weighted by molar-refractivity contribution is 5.96. The number of benzene rings is 2. The van der Waals surface area contributed by atoms with Crippen LogP contribution in [0.25, 0.3) is 0 Å². The maximum absolute atomic E-state index is 12.1. The van der Waals surface area contributed by atoms with Crippen molar-refractivity contribution in [2.24, 2.45) is 0 Å². The molecule has 2 aromatic carbocycles. The van der Waals surface area contributed by atoms with Crippen molar-refractivity contribution in [1.29, 1.82) is 0 Å². The second kappa shape index (κ2) is 4.77. The minimum atomic E-state index is 0.0391. The molecule has 1 atom stereocenters. The van der Waals surface area contributed by atoms with Crippen LogP contribution in [0.15, 0.2) is 30.3 Å². The van der Waals surface area contributed by atoms with E-state index in [1.807, 2.05) is 12.1 Å². The lowest BCUT2D eigenvalue weighted by molar-refractivity contribution is -0.116. The summed E-state index contributed by atoms with van der Waals surface area (Å²) in [6.07, 6.45) is 0.455. The third kappa shape index (κ3) is 2.03. The van der Waals surface area contributed by atoms with Crippen LogP contribution in [0.1, 0.15) is 34.6 Å². The molecule has 0 saturated carbocycles. The Hall–Kier alpha value is -2.49. The molecule has 22 heavy (non-hydrogen) atoms. The highest BCUT2D eigenvalue weighted by Crippen LogP contribution is 2.45. The van der Waals surface area contributed by atoms with Crippen LogP contribution in [0.2, 0.25) is 0 Å². The molecule has 2 aliphatic heterocycles. The summed E-state index contributed by atoms with van der Waals surface area (Å²) in [5.74, 6) is 1.54. The van der Waals surface area contributed by atoms with Gasteiger partial charge in [-0.05, 0) is 36.6 Å². The number of ether oxygens (including phenoxy) is 2. The summed E-state index contributed by atoms with van der Waals surface area (Å²) in [6, 6.07) is 10.3. The first kappa shape index (κ1) is 13.2. The maximum Gasteiger partial charge on any atom is 0.231 e. The Balaban J connectivity index is 1.88. The monoisotopic (exact) mass is 295 g/mol. The molecule has 0 radical (unpaired) electrons. The fourth-order valence-corrected chi connectivity index (χ4v) is 3.26. The first-order chi connectivity index (χ1) is 10.6. The van der Waals surface area contributed by atoms with E-state index < -0.39 is 0 Å². The quantitative estimate of drug-likeness (QED) is 0.876. The maximum atomic E-state index is 12.1. The lowest BCUT2D eigenvalue weighted by atomic mass is 9.82. The van der Waals surface area contributed by atoms with Gasteiger partial charge in [-0.2, -0.15) is 0 Å². The van der Waals surface area contributed by atoms with Crippen molar-refractivity contribution in [3.63, 3.8) is 0 Å². The molecule has 2 aliphatic rings. The molecule has 0 spiro atoms. The summed E-state index contributed by atoms with van der Waals surface area (Å²) in [5.41, 5.74) is 5.53. The molecule has 0 bridgehead atoms. The van der Waals surface area contributed by atoms with E-state index in [4.69, 9.17) is 9.47 Å². The molecule has 2 heterocycles. The number of anilines is 1. The van der Waals surface area contributed by atoms with Gasteiger partial charge in [0.15, 0.2) is 11.5 Å². The van der Waals surface area contributed by atoms with Gasteiger partial charge in [-0.25, -0.2) is 0 Å². The zero-order chi connectivity index (χ0) is 15.3. The second-order valence-corrected chi connectivity index (χ2v) is 5.96. The van der Waals surface area contributed by atoms with Crippen LogP contribution in [0, 0.1) is 13.8 Å². The average molecular weight is 295 g/mol. The molecule has 2 aromatic rings. The zero-order valence-electron chi connectivity index (χ0n) is 12.6. The van der Waals surface area contributed by atoms with Gasteiger partial charge in [-0.3, -0.25) is 4.79 Å². The van der Waals surface area contributed by atoms with E-state index in [0.29, 0.717) is 12.2 Å². The van der Waals surface area contributed by atoms with Gasteiger partial charge in [0, 0.05) is 24.1 Å². The van der Waals surface area contributed by atoms with Crippen LogP contribution >= 0.6 is 0 Å². The molecule has 1 amide bonds. The largest absolute Gasteiger partial charge is 0.454 e. The Labute approximate surface area is 129 Å². The third-order valence-corrected chi connectivity index (χ3v) is 4.39. The Morgan fingerprint density at radius 1 is 1.05 bits per heavy atom. The van der Waals surface area contributed by atoms with Gasteiger partial charge >= 0.3 is 0 Å². The predicted molar refractivity (Wildman–Crippen MR) is 83.6 cm³/mol. The van der Waals surface area contributed by atoms with Gasteiger partial charge in [0.2, 0.25) is 12.7 Å². The topological polar surface area (TPSA) is 47.6 Å². The molecule has 0 aliphatic carbocycles. The summed E-state index contributed by atoms with van der Waals surface area (Å²) in [6.45, 7) is 4.40. The van der Waals surface area contributed by atoms with Gasteiger partial charge in [0.05, 0.1) is 0 Å². The summed E-state index contributed by atoms with van der Waals surface area (Å²) in [5, 5.41) is 2.95. The summed E-state index contributed by atoms with van der Waals surface area (Å²) >= 11 is 0. The van der Waals surface area contributed by atoms with Crippen molar-refractivity contribution in [3.05, 3.63) is 52.6 Å². The number of carbonyl (C=O) groups excluding carboxylic acids is 1. The molecule has 0 aromatic heterocycles. The average Bonchev–Trinajstić information content (AvgIpc) is 2.94. The lowest BCUT2D eigenvalue weighted by Crippen LogP contribution is -2.24. The van der Waals surface area contributed by atoms with Crippen molar-refractivity contribution in [2.45, 2.75) is 26.2 Å². The van der Waals surface area contributed by atoms with Gasteiger partial charge in [0.1, 0.15) is 0 Å². The standard InChI is InChI=1S/C18H17NO3/c1-10-3-4-11(2)12(5-10)13-7-18(20)19-15-8-17-16(6-14(13)15)21-9-22-17/h3-6,8,13H,7,9H2,1-2H3,(H,19,20). The number of fused-ring (bicyclic) bond motifs is 2. The summed E-state index contributed by atoms with van der Waals surface area (Å²) in [7, 11) is 0. The normalized spacial score (nSPS) is 18.8. The molecule has 1 N–H and O–H groups in total. The number of amides is 1. The van der Waals surface area contributed by atoms with Gasteiger partial charge in [-0.1, -0.05) is 23.8 Å². The van der Waals surface area contributed by atoms with Crippen molar-refractivity contribution in [2.75, 3.05) is 12.1 Å². The SMILES string of the molecule is Cc1ccc(C)c(C2CC(=O)Nc3cc4c(cc32)OCO4)c1. The molecule has 4 heteroatoms. The van der Waals surface area contributed by atoms with Crippen LogP contribution in [-0.2, 0) is 4.79 Å². The molecule has 1 unspecified atom stereocenters. The summed E-state index contributed by atoms with van der Waals surface area (Å²) < 4.78 is 10.9. The van der Waals surface area contributed by atoms with Crippen LogP contribution in [-0.4, -0.2) is 12.7 Å². The number of nitrogens with one attached hydrogen (secondary N) is 1. The van der Waals surface area contributed by atoms with Crippen LogP contribution in [0.4, 0.5) is 5.69 Å². The fourth-order valence-electron chi connectivity index (χ4n) is 3.26. The van der Waals surface area contributed by atoms with E-state index in [1.54, 1.807) is 0 Å². The molecule has 0 saturated heterocycles. The minimum Gasteiger partial charge on any atom is -0.454 e. The van der Waals surface area contributed by atoms with Crippen LogP contribution < -0.4 is 14.8 Å². The molecular weight excluding hydrogens is 278 g/mol. The summed E-state index contributed by atoms with van der Waals surface area (Å²) in [4.78, 5) is 12.1. The first-order valence-electron chi connectivity index (χ1n) is 7.42. The molecular formula is C18H17NO3. The Morgan fingerprint density at radius 3 is 2.64 bits per heavy atom. The molecule has 4 rings (SSSR count). The minimum absolute atomic E-state index is 0.0391. The third-order valence-electron chi connectivity index (χ3n) is 4.39. The fraction of sp³-hybridized carbons (Fsp3) is 0.278. The van der Waals surface area contributed by atoms with E-state index in [0.717, 1.165) is 17.0 Å². The highest BCUT2D eigenvalue weighted by atomic mass is 16.7. The molecule has 0 fully saturated rings. The smallest absolute Gasteiger partial charge is 0.231 e. The van der Waals surface area contributed by atoms with E-state index >= 15 is 0 Å². The predicted octanol–water partition coefficient (Wildman–Crippen LogP) is 3.51. The number of hydrogen-bond acceptors (Lipinski definition) is 3. The highest BCUT2D eigenvalue weighted by Gasteiger charge is 2.30. The van der Waals surface area contributed by atoms with E-state index in [9.17, 15) is 4.79 Å². The van der Waals surface area contributed by atoms with Crippen LogP contribution in [0.3, 0.4) is 0 Å². The van der Waals surface area contributed by atoms with Crippen molar-refractivity contribution in [1.82, 2.24) is 0 Å². The Kier molecular flexibility index (Phi) is 2.86. The van der Waals surface area contributed by atoms with Crippen LogP contribution in [0.5, 0.6) is 11.5 Å². The van der Waals surface area contributed by atoms with Gasteiger partial charge in [-0.15, -0.1) is 0 Å². The van der Waals surface area contributed by atoms with Crippen molar-refractivity contribution in [3.8, 4) is 11.5 Å². The van der Waals surface area contributed by atoms with E-state index in [1.165, 1.54) is 16.7 Å². The first-order valence-corrected chi connectivity index (χ1v) is 7.42. The van der Waals surface area contributed by atoms with E-state index in [2.05, 4.69) is 37.4 Å². The van der Waals surface area contributed by atoms with Crippen molar-refractivity contribution >= 4 is 11.6 Å². The van der Waals surface area contributed by atoms with Gasteiger partial charge in [0.25, 0.3) is 0 Å². The Morgan fingerprint density at radius 2 is 1.82 bits per heavy atom. The number of rotatable bonds is 1. The molecule has 112 valence electrons.